The average Bonchev–Trinajstić information content (AvgIpc) is 3.15. The first-order valence-electron chi connectivity index (χ1n) is 17.2. The van der Waals surface area contributed by atoms with Gasteiger partial charge in [0.15, 0.2) is 0 Å². The molecule has 2 aliphatic rings. The zero-order valence-electron chi connectivity index (χ0n) is 28.9. The molecule has 6 rings (SSSR count). The summed E-state index contributed by atoms with van der Waals surface area (Å²) >= 11 is 0. The Labute approximate surface area is 305 Å². The van der Waals surface area contributed by atoms with Crippen molar-refractivity contribution in [3.8, 4) is 0 Å². The lowest BCUT2D eigenvalue weighted by Crippen LogP contribution is -2.49. The number of hydrogen-bond acceptors (Lipinski definition) is 6. The summed E-state index contributed by atoms with van der Waals surface area (Å²) in [5.74, 6) is -2.81. The van der Waals surface area contributed by atoms with Crippen LogP contribution < -0.4 is 15.5 Å². The molecule has 0 spiro atoms. The molecule has 2 saturated heterocycles. The fourth-order valence-electron chi connectivity index (χ4n) is 6.47. The second kappa shape index (κ2) is 18.2. The predicted octanol–water partition coefficient (Wildman–Crippen LogP) is 6.14. The fourth-order valence-corrected chi connectivity index (χ4v) is 6.47. The van der Waals surface area contributed by atoms with Crippen LogP contribution in [0.5, 0.6) is 0 Å². The van der Waals surface area contributed by atoms with E-state index in [1.54, 1.807) is 19.6 Å². The number of rotatable bonds is 10. The summed E-state index contributed by atoms with van der Waals surface area (Å²) in [7, 11) is 0. The van der Waals surface area contributed by atoms with Crippen molar-refractivity contribution < 1.29 is 41.8 Å². The average molecular weight is 736 g/mol. The van der Waals surface area contributed by atoms with E-state index in [4.69, 9.17) is 14.6 Å². The number of carbonyl (C=O) groups excluding carboxylic acids is 2. The summed E-state index contributed by atoms with van der Waals surface area (Å²) in [5, 5.41) is 7.19. The number of primary amides is 1. The van der Waals surface area contributed by atoms with Crippen molar-refractivity contribution in [2.75, 3.05) is 62.2 Å². The van der Waals surface area contributed by atoms with E-state index in [0.29, 0.717) is 63.7 Å². The first kappa shape index (κ1) is 38.6. The second-order valence-electron chi connectivity index (χ2n) is 12.6. The van der Waals surface area contributed by atoms with E-state index in [-0.39, 0.29) is 24.7 Å². The Bertz CT molecular complexity index is 1710. The van der Waals surface area contributed by atoms with Gasteiger partial charge >= 0.3 is 6.09 Å². The van der Waals surface area contributed by atoms with Gasteiger partial charge in [-0.05, 0) is 35.4 Å². The van der Waals surface area contributed by atoms with Crippen LogP contribution in [0.3, 0.4) is 0 Å². The maximum absolute atomic E-state index is 14.4. The number of ether oxygens (including phenoxy) is 1. The Morgan fingerprint density at radius 1 is 0.585 bits per heavy atom. The van der Waals surface area contributed by atoms with Gasteiger partial charge in [-0.25, -0.2) is 22.4 Å². The van der Waals surface area contributed by atoms with Crippen molar-refractivity contribution in [2.45, 2.75) is 25.0 Å². The molecule has 2 heterocycles. The molecule has 2 unspecified atom stereocenters. The fraction of sp³-hybridized carbons (Fsp3) is 0.308. The van der Waals surface area contributed by atoms with Crippen LogP contribution >= 0.6 is 0 Å². The monoisotopic (exact) mass is 735 g/mol. The van der Waals surface area contributed by atoms with Gasteiger partial charge in [0.1, 0.15) is 23.3 Å². The number of carbonyl (C=O) groups is 3. The summed E-state index contributed by atoms with van der Waals surface area (Å²) in [6.07, 6.45) is -2.57. The number of hydrogen-bond donors (Lipinski definition) is 2. The van der Waals surface area contributed by atoms with Crippen molar-refractivity contribution >= 4 is 29.3 Å². The van der Waals surface area contributed by atoms with Gasteiger partial charge in [-0.2, -0.15) is 0 Å². The number of carboxylic acid groups (broad SMARTS) is 1. The minimum atomic E-state index is -1.33. The Kier molecular flexibility index (Phi) is 13.3. The standard InChI is InChI=1S/C38H38F4N4O3.CH3NO2/c39-29-11-13-33(31(41)23-29)43-15-19-45(20-16-43)37(47)25-35(27-7-3-1-4-8-27)49-36(28-9-5-2-6-10-28)26-38(48)46-21-17-44(18-22-46)34-14-12-30(40)24-32(34)42;2-1(3)4/h1-14,23-24,35-36H,15-22,25-26H2;2H2,(H,3,4). The van der Waals surface area contributed by atoms with Crippen molar-refractivity contribution in [3.63, 3.8) is 0 Å². The Balaban J connectivity index is 0.00000129. The third-order valence-electron chi connectivity index (χ3n) is 9.16. The topological polar surface area (TPSA) is 120 Å². The molecule has 0 aliphatic carbocycles. The number of amides is 3. The number of nitrogens with two attached hydrogens (primary N) is 1. The predicted molar refractivity (Wildman–Crippen MR) is 191 cm³/mol. The van der Waals surface area contributed by atoms with Crippen LogP contribution in [0.25, 0.3) is 0 Å². The molecule has 4 aromatic rings. The molecular formula is C39H41F4N5O5. The van der Waals surface area contributed by atoms with Crippen LogP contribution in [0.1, 0.15) is 36.2 Å². The van der Waals surface area contributed by atoms with Crippen molar-refractivity contribution in [2.24, 2.45) is 5.73 Å². The largest absolute Gasteiger partial charge is 0.465 e. The van der Waals surface area contributed by atoms with Gasteiger partial charge in [-0.15, -0.1) is 0 Å². The summed E-state index contributed by atoms with van der Waals surface area (Å²) in [4.78, 5) is 43.2. The molecule has 2 atom stereocenters. The first-order chi connectivity index (χ1) is 25.5. The summed E-state index contributed by atoms with van der Waals surface area (Å²) < 4.78 is 62.4. The highest BCUT2D eigenvalue weighted by Crippen LogP contribution is 2.33. The molecule has 2 aliphatic heterocycles. The summed E-state index contributed by atoms with van der Waals surface area (Å²) in [5.41, 5.74) is 6.23. The van der Waals surface area contributed by atoms with E-state index < -0.39 is 41.6 Å². The number of anilines is 2. The lowest BCUT2D eigenvalue weighted by atomic mass is 10.0. The van der Waals surface area contributed by atoms with Crippen LogP contribution in [0, 0.1) is 23.3 Å². The number of piperazine rings is 2. The third kappa shape index (κ3) is 10.7. The van der Waals surface area contributed by atoms with Crippen LogP contribution in [0.15, 0.2) is 97.1 Å². The maximum atomic E-state index is 14.4. The molecule has 280 valence electrons. The summed E-state index contributed by atoms with van der Waals surface area (Å²) in [6, 6.07) is 25.8. The van der Waals surface area contributed by atoms with Crippen molar-refractivity contribution in [1.29, 1.82) is 0 Å². The van der Waals surface area contributed by atoms with Gasteiger partial charge in [0.2, 0.25) is 11.8 Å². The zero-order chi connectivity index (χ0) is 37.9. The molecule has 0 saturated carbocycles. The highest BCUT2D eigenvalue weighted by Gasteiger charge is 2.31. The first-order valence-corrected chi connectivity index (χ1v) is 17.2. The van der Waals surface area contributed by atoms with Crippen LogP contribution in [0.4, 0.5) is 33.7 Å². The van der Waals surface area contributed by atoms with Crippen LogP contribution in [-0.2, 0) is 14.3 Å². The molecule has 0 aromatic heterocycles. The Morgan fingerprint density at radius 2 is 0.925 bits per heavy atom. The lowest BCUT2D eigenvalue weighted by molar-refractivity contribution is -0.139. The van der Waals surface area contributed by atoms with E-state index >= 15 is 0 Å². The molecule has 4 aromatic carbocycles. The van der Waals surface area contributed by atoms with Crippen LogP contribution in [-0.4, -0.2) is 85.2 Å². The van der Waals surface area contributed by atoms with E-state index in [9.17, 15) is 27.2 Å². The Morgan fingerprint density at radius 3 is 1.25 bits per heavy atom. The quantitative estimate of drug-likeness (QED) is 0.188. The van der Waals surface area contributed by atoms with Gasteiger partial charge in [0.25, 0.3) is 0 Å². The van der Waals surface area contributed by atoms with E-state index in [0.717, 1.165) is 23.3 Å². The van der Waals surface area contributed by atoms with Gasteiger partial charge in [0, 0.05) is 64.5 Å². The van der Waals surface area contributed by atoms with Gasteiger partial charge in [-0.1, -0.05) is 60.7 Å². The summed E-state index contributed by atoms with van der Waals surface area (Å²) in [6.45, 7) is 3.05. The molecule has 3 amide bonds. The highest BCUT2D eigenvalue weighted by molar-refractivity contribution is 5.78. The van der Waals surface area contributed by atoms with Gasteiger partial charge in [0.05, 0.1) is 36.4 Å². The number of nitrogens with zero attached hydrogens (tertiary/aromatic N) is 4. The van der Waals surface area contributed by atoms with Crippen molar-refractivity contribution in [3.05, 3.63) is 131 Å². The van der Waals surface area contributed by atoms with E-state index in [1.165, 1.54) is 24.3 Å². The van der Waals surface area contributed by atoms with E-state index in [1.807, 2.05) is 60.7 Å². The molecule has 3 N–H and O–H groups in total. The van der Waals surface area contributed by atoms with Crippen LogP contribution in [0.2, 0.25) is 0 Å². The SMILES string of the molecule is NC(=O)O.O=C(CC(OC(CC(=O)N1CCN(c2ccc(F)cc2F)CC1)c1ccccc1)c1ccccc1)N1CCN(c2ccc(F)cc2F)CC1. The van der Waals surface area contributed by atoms with Gasteiger partial charge in [-0.3, -0.25) is 9.59 Å². The van der Waals surface area contributed by atoms with Gasteiger partial charge < -0.3 is 35.2 Å². The zero-order valence-corrected chi connectivity index (χ0v) is 28.9. The minimum absolute atomic E-state index is 0.0361. The third-order valence-corrected chi connectivity index (χ3v) is 9.16. The maximum Gasteiger partial charge on any atom is 0.402 e. The molecule has 0 radical (unpaired) electrons. The second-order valence-corrected chi connectivity index (χ2v) is 12.6. The smallest absolute Gasteiger partial charge is 0.402 e. The molecule has 10 nitrogen and oxygen atoms in total. The minimum Gasteiger partial charge on any atom is -0.465 e. The number of benzene rings is 4. The normalized spacial score (nSPS) is 15.6. The van der Waals surface area contributed by atoms with Crippen molar-refractivity contribution in [1.82, 2.24) is 9.80 Å². The molecular weight excluding hydrogens is 694 g/mol. The molecule has 53 heavy (non-hydrogen) atoms. The molecule has 14 heteroatoms. The Hall–Kier alpha value is -5.63. The lowest BCUT2D eigenvalue weighted by Gasteiger charge is -2.37. The highest BCUT2D eigenvalue weighted by atomic mass is 19.1. The van der Waals surface area contributed by atoms with E-state index in [2.05, 4.69) is 5.73 Å². The number of halogens is 4. The molecule has 2 fully saturated rings. The molecule has 0 bridgehead atoms.